The van der Waals surface area contributed by atoms with Crippen molar-refractivity contribution >= 4 is 0 Å². The van der Waals surface area contributed by atoms with Crippen molar-refractivity contribution in [3.63, 3.8) is 0 Å². The summed E-state index contributed by atoms with van der Waals surface area (Å²) in [6.45, 7) is 2.67. The maximum absolute atomic E-state index is 5.29. The summed E-state index contributed by atoms with van der Waals surface area (Å²) in [7, 11) is 1.84. The summed E-state index contributed by atoms with van der Waals surface area (Å²) in [6, 6.07) is 0.115. The smallest absolute Gasteiger partial charge is 0.164 e. The normalized spacial score (nSPS) is 12.4. The zero-order chi connectivity index (χ0) is 9.68. The van der Waals surface area contributed by atoms with E-state index in [0.29, 0.717) is 6.54 Å². The lowest BCUT2D eigenvalue weighted by molar-refractivity contribution is 0.573. The van der Waals surface area contributed by atoms with E-state index in [9.17, 15) is 0 Å². The Balaban J connectivity index is 2.39. The van der Waals surface area contributed by atoms with E-state index in [-0.39, 0.29) is 6.04 Å². The zero-order valence-corrected chi connectivity index (χ0v) is 7.99. The summed E-state index contributed by atoms with van der Waals surface area (Å²) in [5, 5.41) is 7.30. The molecule has 0 bridgehead atoms. The monoisotopic (exact) mass is 178 g/mol. The molecule has 70 valence electrons. The van der Waals surface area contributed by atoms with Gasteiger partial charge in [0.1, 0.15) is 6.33 Å². The number of rotatable bonds is 4. The highest BCUT2D eigenvalue weighted by Crippen LogP contribution is 1.92. The molecule has 1 unspecified atom stereocenters. The maximum Gasteiger partial charge on any atom is 0.164 e. The molecule has 1 rings (SSSR count). The van der Waals surface area contributed by atoms with Gasteiger partial charge in [0, 0.05) is 7.05 Å². The molecule has 0 aromatic carbocycles. The minimum Gasteiger partial charge on any atom is -0.296 e. The van der Waals surface area contributed by atoms with Gasteiger partial charge in [0.15, 0.2) is 5.82 Å². The van der Waals surface area contributed by atoms with Crippen LogP contribution in [0.15, 0.2) is 6.33 Å². The summed E-state index contributed by atoms with van der Waals surface area (Å²) in [6.07, 6.45) is 7.89. The number of hydrogen-bond donors (Lipinski definition) is 1. The van der Waals surface area contributed by atoms with Crippen LogP contribution in [0.4, 0.5) is 0 Å². The Morgan fingerprint density at radius 1 is 1.77 bits per heavy atom. The van der Waals surface area contributed by atoms with Crippen molar-refractivity contribution < 1.29 is 0 Å². The van der Waals surface area contributed by atoms with E-state index in [2.05, 4.69) is 21.3 Å². The lowest BCUT2D eigenvalue weighted by Crippen LogP contribution is -2.26. The topological polar surface area (TPSA) is 42.7 Å². The van der Waals surface area contributed by atoms with Gasteiger partial charge in [-0.3, -0.25) is 10.00 Å². The lowest BCUT2D eigenvalue weighted by atomic mass is 10.2. The Morgan fingerprint density at radius 2 is 2.54 bits per heavy atom. The van der Waals surface area contributed by atoms with Crippen LogP contribution < -0.4 is 5.32 Å². The first-order valence-electron chi connectivity index (χ1n) is 4.30. The van der Waals surface area contributed by atoms with Gasteiger partial charge < -0.3 is 0 Å². The molecular weight excluding hydrogens is 164 g/mol. The number of nitrogens with zero attached hydrogens (tertiary/aromatic N) is 3. The zero-order valence-electron chi connectivity index (χ0n) is 7.99. The van der Waals surface area contributed by atoms with E-state index < -0.39 is 0 Å². The van der Waals surface area contributed by atoms with E-state index >= 15 is 0 Å². The van der Waals surface area contributed by atoms with Gasteiger partial charge in [-0.05, 0) is 6.42 Å². The molecule has 1 N–H and O–H groups in total. The molecule has 0 fully saturated rings. The fourth-order valence-electron chi connectivity index (χ4n) is 1.00. The van der Waals surface area contributed by atoms with Crippen LogP contribution in [0.25, 0.3) is 0 Å². The molecule has 0 saturated heterocycles. The molecule has 0 radical (unpaired) electrons. The van der Waals surface area contributed by atoms with Gasteiger partial charge in [0.05, 0.1) is 12.6 Å². The van der Waals surface area contributed by atoms with Gasteiger partial charge in [-0.25, -0.2) is 4.98 Å². The Bertz CT molecular complexity index is 297. The van der Waals surface area contributed by atoms with Crippen LogP contribution in [-0.2, 0) is 13.6 Å². The van der Waals surface area contributed by atoms with Gasteiger partial charge in [-0.15, -0.1) is 6.42 Å². The standard InChI is InChI=1S/C9H14N4/c1-4-8(5-2)10-6-9-11-7-13(3)12-9/h1,7-8,10H,5-6H2,2-3H3. The van der Waals surface area contributed by atoms with E-state index in [1.54, 1.807) is 11.0 Å². The highest BCUT2D eigenvalue weighted by atomic mass is 15.3. The SMILES string of the molecule is C#CC(CC)NCc1ncn(C)n1. The second kappa shape index (κ2) is 4.63. The van der Waals surface area contributed by atoms with Crippen molar-refractivity contribution in [2.24, 2.45) is 7.05 Å². The molecule has 1 heterocycles. The Kier molecular flexibility index (Phi) is 3.47. The number of nitrogens with one attached hydrogen (secondary N) is 1. The number of hydrogen-bond acceptors (Lipinski definition) is 3. The highest BCUT2D eigenvalue weighted by Gasteiger charge is 2.02. The average Bonchev–Trinajstić information content (AvgIpc) is 2.53. The second-order valence-electron chi connectivity index (χ2n) is 2.84. The third kappa shape index (κ3) is 2.88. The molecule has 4 heteroatoms. The van der Waals surface area contributed by atoms with Crippen molar-refractivity contribution in [2.45, 2.75) is 25.9 Å². The molecule has 1 aromatic heterocycles. The van der Waals surface area contributed by atoms with E-state index in [0.717, 1.165) is 12.2 Å². The van der Waals surface area contributed by atoms with Crippen LogP contribution in [0.2, 0.25) is 0 Å². The third-order valence-electron chi connectivity index (χ3n) is 1.76. The quantitative estimate of drug-likeness (QED) is 0.675. The Labute approximate surface area is 78.4 Å². The Morgan fingerprint density at radius 3 is 3.00 bits per heavy atom. The van der Waals surface area contributed by atoms with E-state index in [4.69, 9.17) is 6.42 Å². The van der Waals surface area contributed by atoms with Crippen molar-refractivity contribution in [2.75, 3.05) is 0 Å². The number of aryl methyl sites for hydroxylation is 1. The Hall–Kier alpha value is -1.34. The summed E-state index contributed by atoms with van der Waals surface area (Å²) < 4.78 is 1.67. The molecule has 0 aliphatic rings. The molecule has 4 nitrogen and oxygen atoms in total. The largest absolute Gasteiger partial charge is 0.296 e. The maximum atomic E-state index is 5.29. The minimum absolute atomic E-state index is 0.115. The second-order valence-corrected chi connectivity index (χ2v) is 2.84. The molecule has 0 aliphatic heterocycles. The van der Waals surface area contributed by atoms with Crippen LogP contribution in [0, 0.1) is 12.3 Å². The first-order valence-corrected chi connectivity index (χ1v) is 4.30. The fourth-order valence-corrected chi connectivity index (χ4v) is 1.00. The molecule has 0 saturated carbocycles. The van der Waals surface area contributed by atoms with Crippen LogP contribution in [0.3, 0.4) is 0 Å². The summed E-state index contributed by atoms with van der Waals surface area (Å²) in [4.78, 5) is 4.08. The predicted molar refractivity (Wildman–Crippen MR) is 50.8 cm³/mol. The van der Waals surface area contributed by atoms with Crippen LogP contribution >= 0.6 is 0 Å². The van der Waals surface area contributed by atoms with Crippen molar-refractivity contribution in [3.8, 4) is 12.3 Å². The molecule has 0 amide bonds. The van der Waals surface area contributed by atoms with Crippen LogP contribution in [0.1, 0.15) is 19.2 Å². The number of terminal acetylenes is 1. The first-order chi connectivity index (χ1) is 6.26. The van der Waals surface area contributed by atoms with E-state index in [1.807, 2.05) is 14.0 Å². The summed E-state index contributed by atoms with van der Waals surface area (Å²) in [5.41, 5.74) is 0. The van der Waals surface area contributed by atoms with Crippen molar-refractivity contribution in [3.05, 3.63) is 12.2 Å². The minimum atomic E-state index is 0.115. The predicted octanol–water partition coefficient (Wildman–Crippen LogP) is 0.316. The van der Waals surface area contributed by atoms with Crippen molar-refractivity contribution in [1.82, 2.24) is 20.1 Å². The average molecular weight is 178 g/mol. The lowest BCUT2D eigenvalue weighted by Gasteiger charge is -2.07. The molecule has 1 atom stereocenters. The first kappa shape index (κ1) is 9.75. The van der Waals surface area contributed by atoms with Gasteiger partial charge in [0.2, 0.25) is 0 Å². The molecule has 13 heavy (non-hydrogen) atoms. The molecule has 1 aromatic rings. The summed E-state index contributed by atoms with van der Waals surface area (Å²) in [5.74, 6) is 3.43. The van der Waals surface area contributed by atoms with Gasteiger partial charge in [0.25, 0.3) is 0 Å². The molecule has 0 spiro atoms. The fraction of sp³-hybridized carbons (Fsp3) is 0.556. The van der Waals surface area contributed by atoms with Gasteiger partial charge >= 0.3 is 0 Å². The molecular formula is C9H14N4. The number of aromatic nitrogens is 3. The van der Waals surface area contributed by atoms with Gasteiger partial charge in [-0.2, -0.15) is 5.10 Å². The van der Waals surface area contributed by atoms with Gasteiger partial charge in [-0.1, -0.05) is 12.8 Å². The third-order valence-corrected chi connectivity index (χ3v) is 1.76. The van der Waals surface area contributed by atoms with Crippen molar-refractivity contribution in [1.29, 1.82) is 0 Å². The summed E-state index contributed by atoms with van der Waals surface area (Å²) >= 11 is 0. The van der Waals surface area contributed by atoms with Crippen LogP contribution in [0.5, 0.6) is 0 Å². The molecule has 0 aliphatic carbocycles. The highest BCUT2D eigenvalue weighted by molar-refractivity contribution is 4.98. The van der Waals surface area contributed by atoms with Crippen LogP contribution in [-0.4, -0.2) is 20.8 Å². The van der Waals surface area contributed by atoms with E-state index in [1.165, 1.54) is 0 Å².